The topological polar surface area (TPSA) is 86.7 Å². The molecule has 2 aromatic rings. The zero-order valence-corrected chi connectivity index (χ0v) is 18.6. The van der Waals surface area contributed by atoms with Gasteiger partial charge >= 0.3 is 5.76 Å². The van der Waals surface area contributed by atoms with E-state index in [1.54, 1.807) is 0 Å². The lowest BCUT2D eigenvalue weighted by Gasteiger charge is -2.36. The van der Waals surface area contributed by atoms with Crippen LogP contribution in [-0.4, -0.2) is 74.2 Å². The molecule has 3 heterocycles. The van der Waals surface area contributed by atoms with Crippen LogP contribution in [0.2, 0.25) is 0 Å². The molecular weight excluding hydrogens is 440 g/mol. The van der Waals surface area contributed by atoms with Crippen molar-refractivity contribution in [3.63, 3.8) is 0 Å². The molecule has 2 aliphatic rings. The van der Waals surface area contributed by atoms with Gasteiger partial charge in [-0.15, -0.1) is 0 Å². The molecule has 0 atom stereocenters. The Balaban J connectivity index is 1.49. The number of carbonyl (C=O) groups is 1. The Labute approximate surface area is 185 Å². The predicted molar refractivity (Wildman–Crippen MR) is 116 cm³/mol. The van der Waals surface area contributed by atoms with Gasteiger partial charge in [0.25, 0.3) is 5.91 Å². The van der Waals surface area contributed by atoms with Crippen molar-refractivity contribution in [1.29, 1.82) is 0 Å². The van der Waals surface area contributed by atoms with Gasteiger partial charge in [-0.05, 0) is 31.9 Å². The number of amides is 1. The summed E-state index contributed by atoms with van der Waals surface area (Å²) >= 11 is 0. The molecule has 172 valence electrons. The van der Waals surface area contributed by atoms with E-state index >= 15 is 0 Å². The summed E-state index contributed by atoms with van der Waals surface area (Å²) in [6.45, 7) is 5.42. The molecule has 11 heteroatoms. The molecule has 1 amide bonds. The van der Waals surface area contributed by atoms with Gasteiger partial charge in [-0.2, -0.15) is 8.78 Å². The van der Waals surface area contributed by atoms with Crippen molar-refractivity contribution in [2.45, 2.75) is 30.4 Å². The monoisotopic (exact) mass is 465 g/mol. The molecule has 0 N–H and O–H groups in total. The summed E-state index contributed by atoms with van der Waals surface area (Å²) < 4.78 is 50.1. The third kappa shape index (κ3) is 4.38. The molecule has 0 radical (unpaired) electrons. The SMILES string of the molecule is Cc1nc(N2CCCC2)cc(N2CCN(C(=O)c3ccccc3S(=O)(=O)C(F)F)CC2)n1. The van der Waals surface area contributed by atoms with Crippen molar-refractivity contribution in [2.75, 3.05) is 49.1 Å². The second kappa shape index (κ2) is 8.97. The van der Waals surface area contributed by atoms with Crippen LogP contribution in [0.5, 0.6) is 0 Å². The highest BCUT2D eigenvalue weighted by Crippen LogP contribution is 2.26. The molecule has 1 aromatic heterocycles. The van der Waals surface area contributed by atoms with Gasteiger partial charge in [0.15, 0.2) is 0 Å². The molecule has 1 aromatic carbocycles. The number of aromatic nitrogens is 2. The number of nitrogens with zero attached hydrogens (tertiary/aromatic N) is 5. The summed E-state index contributed by atoms with van der Waals surface area (Å²) in [6, 6.07) is 7.09. The van der Waals surface area contributed by atoms with Crippen molar-refractivity contribution in [1.82, 2.24) is 14.9 Å². The largest absolute Gasteiger partial charge is 0.356 e. The standard InChI is InChI=1S/C21H25F2N5O3S/c1-15-24-18(26-8-4-5-9-26)14-19(25-15)27-10-12-28(13-11-27)20(29)16-6-2-3-7-17(16)32(30,31)21(22)23/h2-3,6-7,14,21H,4-5,8-13H2,1H3. The maximum Gasteiger partial charge on any atom is 0.341 e. The maximum atomic E-state index is 13.1. The van der Waals surface area contributed by atoms with E-state index in [9.17, 15) is 22.0 Å². The fourth-order valence-electron chi connectivity index (χ4n) is 4.10. The minimum absolute atomic E-state index is 0.226. The van der Waals surface area contributed by atoms with Gasteiger partial charge in [-0.1, -0.05) is 12.1 Å². The molecule has 0 saturated carbocycles. The van der Waals surface area contributed by atoms with Crippen molar-refractivity contribution in [3.05, 3.63) is 41.7 Å². The lowest BCUT2D eigenvalue weighted by atomic mass is 10.2. The zero-order valence-electron chi connectivity index (χ0n) is 17.7. The lowest BCUT2D eigenvalue weighted by molar-refractivity contribution is 0.0742. The van der Waals surface area contributed by atoms with E-state index in [0.29, 0.717) is 32.0 Å². The number of aryl methyl sites for hydroxylation is 1. The van der Waals surface area contributed by atoms with Gasteiger partial charge < -0.3 is 14.7 Å². The number of anilines is 2. The number of hydrogen-bond acceptors (Lipinski definition) is 7. The molecule has 4 rings (SSSR count). The minimum Gasteiger partial charge on any atom is -0.356 e. The van der Waals surface area contributed by atoms with E-state index in [-0.39, 0.29) is 5.56 Å². The van der Waals surface area contributed by atoms with Gasteiger partial charge in [0.1, 0.15) is 17.5 Å². The van der Waals surface area contributed by atoms with Crippen LogP contribution in [0.25, 0.3) is 0 Å². The number of alkyl halides is 2. The van der Waals surface area contributed by atoms with Gasteiger partial charge in [0.05, 0.1) is 10.5 Å². The first kappa shape index (κ1) is 22.4. The molecule has 2 fully saturated rings. The van der Waals surface area contributed by atoms with Gasteiger partial charge in [0.2, 0.25) is 9.84 Å². The van der Waals surface area contributed by atoms with Crippen LogP contribution >= 0.6 is 0 Å². The van der Waals surface area contributed by atoms with Crippen molar-refractivity contribution in [3.8, 4) is 0 Å². The second-order valence-electron chi connectivity index (χ2n) is 7.91. The predicted octanol–water partition coefficient (Wildman–Crippen LogP) is 2.34. The fraction of sp³-hybridized carbons (Fsp3) is 0.476. The quantitative estimate of drug-likeness (QED) is 0.670. The van der Waals surface area contributed by atoms with Crippen molar-refractivity contribution < 1.29 is 22.0 Å². The van der Waals surface area contributed by atoms with Crippen LogP contribution in [0, 0.1) is 6.92 Å². The molecule has 0 aliphatic carbocycles. The number of benzene rings is 1. The highest BCUT2D eigenvalue weighted by molar-refractivity contribution is 7.91. The second-order valence-corrected chi connectivity index (χ2v) is 9.79. The summed E-state index contributed by atoms with van der Waals surface area (Å²) in [5.41, 5.74) is -0.226. The summed E-state index contributed by atoms with van der Waals surface area (Å²) in [5, 5.41) is 0. The van der Waals surface area contributed by atoms with Gasteiger partial charge in [0, 0.05) is 45.3 Å². The molecule has 2 aliphatic heterocycles. The van der Waals surface area contributed by atoms with E-state index in [2.05, 4.69) is 19.8 Å². The van der Waals surface area contributed by atoms with Crippen LogP contribution in [0.1, 0.15) is 29.0 Å². The Hall–Kier alpha value is -2.82. The minimum atomic E-state index is -4.88. The number of halogens is 2. The number of carbonyl (C=O) groups excluding carboxylic acids is 1. The summed E-state index contributed by atoms with van der Waals surface area (Å²) in [7, 11) is -4.88. The van der Waals surface area contributed by atoms with E-state index in [4.69, 9.17) is 0 Å². The average molecular weight is 466 g/mol. The number of rotatable bonds is 5. The van der Waals surface area contributed by atoms with Crippen molar-refractivity contribution >= 4 is 27.4 Å². The maximum absolute atomic E-state index is 13.1. The molecule has 32 heavy (non-hydrogen) atoms. The number of piperazine rings is 1. The fourth-order valence-corrected chi connectivity index (χ4v) is 5.03. The first-order valence-electron chi connectivity index (χ1n) is 10.5. The average Bonchev–Trinajstić information content (AvgIpc) is 3.33. The summed E-state index contributed by atoms with van der Waals surface area (Å²) in [5.74, 6) is -1.80. The first-order valence-corrected chi connectivity index (χ1v) is 12.1. The Morgan fingerprint density at radius 2 is 1.50 bits per heavy atom. The zero-order chi connectivity index (χ0) is 22.9. The van der Waals surface area contributed by atoms with E-state index < -0.39 is 26.4 Å². The van der Waals surface area contributed by atoms with Crippen LogP contribution < -0.4 is 9.80 Å². The Kier molecular flexibility index (Phi) is 6.27. The molecular formula is C21H25F2N5O3S. The van der Waals surface area contributed by atoms with Crippen LogP contribution in [-0.2, 0) is 9.84 Å². The van der Waals surface area contributed by atoms with Gasteiger partial charge in [-0.3, -0.25) is 4.79 Å². The Morgan fingerprint density at radius 1 is 0.938 bits per heavy atom. The third-order valence-corrected chi connectivity index (χ3v) is 7.23. The summed E-state index contributed by atoms with van der Waals surface area (Å²) in [4.78, 5) is 27.2. The highest BCUT2D eigenvalue weighted by atomic mass is 32.2. The lowest BCUT2D eigenvalue weighted by Crippen LogP contribution is -2.49. The van der Waals surface area contributed by atoms with Crippen molar-refractivity contribution in [2.24, 2.45) is 0 Å². The highest BCUT2D eigenvalue weighted by Gasteiger charge is 2.33. The number of sulfone groups is 1. The number of hydrogen-bond donors (Lipinski definition) is 0. The molecule has 2 saturated heterocycles. The van der Waals surface area contributed by atoms with E-state index in [0.717, 1.165) is 43.6 Å². The normalized spacial score (nSPS) is 17.3. The third-order valence-electron chi connectivity index (χ3n) is 5.79. The Morgan fingerprint density at radius 3 is 2.09 bits per heavy atom. The first-order chi connectivity index (χ1) is 15.3. The molecule has 0 unspecified atom stereocenters. The van der Waals surface area contributed by atoms with Crippen LogP contribution in [0.15, 0.2) is 35.2 Å². The summed E-state index contributed by atoms with van der Waals surface area (Å²) in [6.07, 6.45) is 2.28. The van der Waals surface area contributed by atoms with E-state index in [1.807, 2.05) is 13.0 Å². The molecule has 0 bridgehead atoms. The molecule has 0 spiro atoms. The van der Waals surface area contributed by atoms with E-state index in [1.165, 1.54) is 23.1 Å². The smallest absolute Gasteiger partial charge is 0.341 e. The van der Waals surface area contributed by atoms with Crippen LogP contribution in [0.4, 0.5) is 20.4 Å². The molecule has 8 nitrogen and oxygen atoms in total. The Bertz CT molecular complexity index is 1100. The van der Waals surface area contributed by atoms with Crippen LogP contribution in [0.3, 0.4) is 0 Å². The van der Waals surface area contributed by atoms with Gasteiger partial charge in [-0.25, -0.2) is 18.4 Å².